The number of nitrogens with zero attached hydrogens (tertiary/aromatic N) is 2. The number of rotatable bonds is 6. The Balaban J connectivity index is 1.54. The molecule has 5 atom stereocenters. The maximum Gasteiger partial charge on any atom is 0.346 e. The lowest BCUT2D eigenvalue weighted by Crippen LogP contribution is -2.28. The van der Waals surface area contributed by atoms with Crippen molar-refractivity contribution in [3.05, 3.63) is 33.4 Å². The molecule has 2 bridgehead atoms. The molecular weight excluding hydrogens is 503 g/mol. The van der Waals surface area contributed by atoms with Gasteiger partial charge in [-0.2, -0.15) is 10.1 Å². The number of amides is 2. The first-order valence-corrected chi connectivity index (χ1v) is 10.7. The Morgan fingerprint density at radius 2 is 1.83 bits per heavy atom. The Morgan fingerprint density at radius 3 is 2.40 bits per heavy atom. The number of hydrogen-bond acceptors (Lipinski definition) is 7. The van der Waals surface area contributed by atoms with E-state index in [-0.39, 0.29) is 35.5 Å². The number of ether oxygens (including phenoxy) is 3. The fourth-order valence-corrected chi connectivity index (χ4v) is 5.20. The molecule has 2 aliphatic carbocycles. The number of benzene rings is 1. The lowest BCUT2D eigenvalue weighted by molar-refractivity contribution is -0.148. The topological polar surface area (TPSA) is 94.5 Å². The number of hydrazone groups is 1. The van der Waals surface area contributed by atoms with Gasteiger partial charge in [0.05, 0.1) is 35.8 Å². The fraction of sp³-hybridized carbons (Fsp3) is 0.429. The van der Waals surface area contributed by atoms with E-state index in [0.29, 0.717) is 20.6 Å². The molecule has 3 aliphatic rings. The van der Waals surface area contributed by atoms with Gasteiger partial charge in [-0.3, -0.25) is 9.59 Å². The summed E-state index contributed by atoms with van der Waals surface area (Å²) in [7, 11) is 2.78. The molecule has 4 rings (SSSR count). The van der Waals surface area contributed by atoms with E-state index in [1.54, 1.807) is 19.1 Å². The van der Waals surface area contributed by atoms with E-state index in [1.807, 2.05) is 12.2 Å². The summed E-state index contributed by atoms with van der Waals surface area (Å²) in [4.78, 5) is 37.1. The molecule has 2 fully saturated rings. The second kappa shape index (κ2) is 8.01. The maximum absolute atomic E-state index is 12.7. The van der Waals surface area contributed by atoms with Crippen LogP contribution in [-0.4, -0.2) is 49.3 Å². The van der Waals surface area contributed by atoms with E-state index in [0.717, 1.165) is 11.4 Å². The van der Waals surface area contributed by atoms with Crippen molar-refractivity contribution < 1.29 is 28.6 Å². The number of fused-ring (bicyclic) bond motifs is 5. The lowest BCUT2D eigenvalue weighted by atomic mass is 9.85. The van der Waals surface area contributed by atoms with E-state index in [1.165, 1.54) is 20.4 Å². The highest BCUT2D eigenvalue weighted by Gasteiger charge is 2.59. The zero-order valence-corrected chi connectivity index (χ0v) is 18.9. The first kappa shape index (κ1) is 20.8. The molecule has 0 unspecified atom stereocenters. The van der Waals surface area contributed by atoms with Crippen LogP contribution in [0.2, 0.25) is 0 Å². The molecule has 1 aromatic carbocycles. The number of carbonyl (C=O) groups is 3. The van der Waals surface area contributed by atoms with Crippen LogP contribution in [0, 0.1) is 27.2 Å². The summed E-state index contributed by atoms with van der Waals surface area (Å²) in [5.41, 5.74) is 0.632. The van der Waals surface area contributed by atoms with Crippen LogP contribution in [0.5, 0.6) is 11.5 Å². The summed E-state index contributed by atoms with van der Waals surface area (Å²) in [6.45, 7) is 1.58. The molecule has 0 aromatic heterocycles. The summed E-state index contributed by atoms with van der Waals surface area (Å²) < 4.78 is 16.5. The Bertz CT molecular complexity index is 944. The van der Waals surface area contributed by atoms with Gasteiger partial charge < -0.3 is 14.2 Å². The first-order chi connectivity index (χ1) is 14.3. The first-order valence-electron chi connectivity index (χ1n) is 9.57. The molecule has 8 nitrogen and oxygen atoms in total. The quantitative estimate of drug-likeness (QED) is 0.187. The summed E-state index contributed by atoms with van der Waals surface area (Å²) in [6, 6.07) is 3.44. The van der Waals surface area contributed by atoms with Crippen molar-refractivity contribution in [2.75, 3.05) is 14.2 Å². The van der Waals surface area contributed by atoms with Crippen molar-refractivity contribution in [3.63, 3.8) is 0 Å². The predicted molar refractivity (Wildman–Crippen MR) is 115 cm³/mol. The highest BCUT2D eigenvalue weighted by molar-refractivity contribution is 14.1. The zero-order valence-electron chi connectivity index (χ0n) is 16.7. The third-order valence-electron chi connectivity index (χ3n) is 5.85. The smallest absolute Gasteiger partial charge is 0.346 e. The standard InChI is InChI=1S/C21H21IN2O6/c1-10(21(27)29-3)30-18-14(22)6-11(7-15(18)28-2)9-23-24-19(25)16-12-4-5-13(8-12)17(16)20(24)26/h4-7,9-10,12-13,16-17H,8H2,1-3H3/t10-,12-,13-,16-,17+/m0/s1. The maximum atomic E-state index is 12.7. The van der Waals surface area contributed by atoms with Gasteiger partial charge >= 0.3 is 5.97 Å². The van der Waals surface area contributed by atoms with Crippen molar-refractivity contribution in [2.24, 2.45) is 28.8 Å². The monoisotopic (exact) mass is 524 g/mol. The van der Waals surface area contributed by atoms with Crippen LogP contribution in [0.25, 0.3) is 0 Å². The van der Waals surface area contributed by atoms with Crippen molar-refractivity contribution in [3.8, 4) is 11.5 Å². The number of imide groups is 1. The van der Waals surface area contributed by atoms with Crippen LogP contribution < -0.4 is 9.47 Å². The summed E-state index contributed by atoms with van der Waals surface area (Å²) in [6.07, 6.45) is 5.63. The number of halogens is 1. The van der Waals surface area contributed by atoms with Gasteiger partial charge in [-0.05, 0) is 65.5 Å². The summed E-state index contributed by atoms with van der Waals surface area (Å²) in [5, 5.41) is 5.20. The van der Waals surface area contributed by atoms with E-state index >= 15 is 0 Å². The van der Waals surface area contributed by atoms with E-state index in [4.69, 9.17) is 9.47 Å². The van der Waals surface area contributed by atoms with Crippen LogP contribution in [-0.2, 0) is 19.1 Å². The molecule has 1 saturated heterocycles. The number of hydrogen-bond donors (Lipinski definition) is 0. The van der Waals surface area contributed by atoms with Crippen LogP contribution in [0.4, 0.5) is 0 Å². The van der Waals surface area contributed by atoms with Crippen molar-refractivity contribution >= 4 is 46.6 Å². The number of allylic oxidation sites excluding steroid dienone is 2. The molecule has 0 spiro atoms. The number of methoxy groups -OCH3 is 2. The summed E-state index contributed by atoms with van der Waals surface area (Å²) >= 11 is 2.06. The van der Waals surface area contributed by atoms with E-state index in [2.05, 4.69) is 32.4 Å². The van der Waals surface area contributed by atoms with Crippen LogP contribution >= 0.6 is 22.6 Å². The van der Waals surface area contributed by atoms with Gasteiger partial charge in [0, 0.05) is 0 Å². The molecule has 2 amide bonds. The highest BCUT2D eigenvalue weighted by Crippen LogP contribution is 2.52. The third-order valence-corrected chi connectivity index (χ3v) is 6.65. The Labute approximate surface area is 187 Å². The van der Waals surface area contributed by atoms with Crippen molar-refractivity contribution in [1.29, 1.82) is 0 Å². The predicted octanol–water partition coefficient (Wildman–Crippen LogP) is 2.38. The highest BCUT2D eigenvalue weighted by atomic mass is 127. The zero-order chi connectivity index (χ0) is 21.6. The Hall–Kier alpha value is -2.43. The minimum Gasteiger partial charge on any atom is -0.493 e. The van der Waals surface area contributed by atoms with E-state index < -0.39 is 12.1 Å². The van der Waals surface area contributed by atoms with Gasteiger partial charge in [-0.15, -0.1) is 0 Å². The normalized spacial score (nSPS) is 27.7. The van der Waals surface area contributed by atoms with Crippen LogP contribution in [0.1, 0.15) is 18.9 Å². The average Bonchev–Trinajstić information content (AvgIpc) is 3.41. The van der Waals surface area contributed by atoms with Crippen LogP contribution in [0.3, 0.4) is 0 Å². The molecule has 1 saturated carbocycles. The number of carbonyl (C=O) groups excluding carboxylic acids is 3. The Morgan fingerprint density at radius 1 is 1.20 bits per heavy atom. The summed E-state index contributed by atoms with van der Waals surface area (Å²) in [5.74, 6) is -0.436. The minimum atomic E-state index is -0.805. The van der Waals surface area contributed by atoms with Crippen LogP contribution in [0.15, 0.2) is 29.4 Å². The second-order valence-corrected chi connectivity index (χ2v) is 8.71. The molecule has 158 valence electrons. The third kappa shape index (κ3) is 3.38. The second-order valence-electron chi connectivity index (χ2n) is 7.55. The van der Waals surface area contributed by atoms with Gasteiger partial charge in [0.25, 0.3) is 11.8 Å². The van der Waals surface area contributed by atoms with Gasteiger partial charge in [0.2, 0.25) is 0 Å². The van der Waals surface area contributed by atoms with Gasteiger partial charge in [0.15, 0.2) is 17.6 Å². The van der Waals surface area contributed by atoms with E-state index in [9.17, 15) is 14.4 Å². The lowest BCUT2D eigenvalue weighted by Gasteiger charge is -2.17. The van der Waals surface area contributed by atoms with Crippen molar-refractivity contribution in [2.45, 2.75) is 19.4 Å². The SMILES string of the molecule is COC(=O)[C@H](C)Oc1c(I)cc(C=NN2C(=O)[C@@H]3[C@H](C2=O)[C@H]2C=C[C@H]3C2)cc1OC. The van der Waals surface area contributed by atoms with Gasteiger partial charge in [0.1, 0.15) is 0 Å². The molecule has 0 N–H and O–H groups in total. The number of esters is 1. The van der Waals surface area contributed by atoms with Gasteiger partial charge in [-0.1, -0.05) is 12.2 Å². The average molecular weight is 524 g/mol. The molecular formula is C21H21IN2O6. The minimum absolute atomic E-state index is 0.144. The molecule has 1 heterocycles. The molecule has 9 heteroatoms. The van der Waals surface area contributed by atoms with Gasteiger partial charge in [-0.25, -0.2) is 4.79 Å². The largest absolute Gasteiger partial charge is 0.493 e. The molecule has 1 aliphatic heterocycles. The molecule has 1 aromatic rings. The molecule has 0 radical (unpaired) electrons. The molecule has 30 heavy (non-hydrogen) atoms. The Kier molecular flexibility index (Phi) is 5.56. The van der Waals surface area contributed by atoms with Crippen molar-refractivity contribution in [1.82, 2.24) is 5.01 Å². The fourth-order valence-electron chi connectivity index (χ4n) is 4.44.